The monoisotopic (exact) mass is 310 g/mol. The first kappa shape index (κ1) is 13.0. The van der Waals surface area contributed by atoms with E-state index >= 15 is 0 Å². The average Bonchev–Trinajstić information content (AvgIpc) is 2.89. The van der Waals surface area contributed by atoms with Gasteiger partial charge in [0.1, 0.15) is 0 Å². The Labute approximate surface area is 125 Å². The van der Waals surface area contributed by atoms with Gasteiger partial charge < -0.3 is 0 Å². The lowest BCUT2D eigenvalue weighted by molar-refractivity contribution is 1.20. The Morgan fingerprint density at radius 2 is 2.11 bits per heavy atom. The molecule has 0 bridgehead atoms. The molecule has 0 radical (unpaired) electrons. The van der Waals surface area contributed by atoms with E-state index in [1.54, 1.807) is 11.3 Å². The zero-order valence-electron chi connectivity index (χ0n) is 10.6. The van der Waals surface area contributed by atoms with Crippen molar-refractivity contribution in [1.82, 2.24) is 9.38 Å². The highest BCUT2D eigenvalue weighted by Crippen LogP contribution is 2.33. The fraction of sp³-hybridized carbons (Fsp3) is 0.214. The maximum atomic E-state index is 6.09. The van der Waals surface area contributed by atoms with Gasteiger partial charge in [0.2, 0.25) is 0 Å². The molecule has 3 aromatic rings. The summed E-state index contributed by atoms with van der Waals surface area (Å²) in [5, 5.41) is 0.792. The van der Waals surface area contributed by atoms with Crippen molar-refractivity contribution in [3.8, 4) is 11.3 Å². The molecule has 0 spiro atoms. The first-order valence-electron chi connectivity index (χ1n) is 5.90. The number of aryl methyl sites for hydroxylation is 2. The van der Waals surface area contributed by atoms with Crippen molar-refractivity contribution >= 4 is 39.5 Å². The Hall–Kier alpha value is -1.03. The van der Waals surface area contributed by atoms with Crippen molar-refractivity contribution in [1.29, 1.82) is 0 Å². The van der Waals surface area contributed by atoms with E-state index in [1.807, 2.05) is 25.3 Å². The number of fused-ring (bicyclic) bond motifs is 1. The maximum absolute atomic E-state index is 6.09. The third kappa shape index (κ3) is 2.16. The molecular formula is C14H12Cl2N2S. The molecule has 3 rings (SSSR count). The molecule has 5 heteroatoms. The van der Waals surface area contributed by atoms with Gasteiger partial charge in [-0.3, -0.25) is 4.40 Å². The molecule has 2 nitrogen and oxygen atoms in total. The number of imidazole rings is 1. The molecule has 19 heavy (non-hydrogen) atoms. The molecule has 2 aromatic heterocycles. The summed E-state index contributed by atoms with van der Waals surface area (Å²) in [5.41, 5.74) is 4.31. The van der Waals surface area contributed by atoms with Gasteiger partial charge in [-0.1, -0.05) is 17.7 Å². The number of alkyl halides is 1. The zero-order chi connectivity index (χ0) is 13.6. The number of rotatable bonds is 2. The highest BCUT2D eigenvalue weighted by atomic mass is 35.5. The zero-order valence-corrected chi connectivity index (χ0v) is 12.9. The van der Waals surface area contributed by atoms with Crippen LogP contribution in [0.15, 0.2) is 24.4 Å². The quantitative estimate of drug-likeness (QED) is 0.604. The summed E-state index contributed by atoms with van der Waals surface area (Å²) in [6.45, 7) is 4.13. The van der Waals surface area contributed by atoms with E-state index in [0.717, 1.165) is 26.8 Å². The molecule has 0 aliphatic heterocycles. The third-order valence-electron chi connectivity index (χ3n) is 3.11. The summed E-state index contributed by atoms with van der Waals surface area (Å²) in [6, 6.07) is 6.09. The standard InChI is InChI=1S/C14H12Cl2N2S/c1-8-5-10(3-4-12(8)16)13-9(2)19-14-17-11(6-15)7-18(13)14/h3-5,7H,6H2,1-2H3. The molecule has 98 valence electrons. The predicted molar refractivity (Wildman–Crippen MR) is 82.5 cm³/mol. The van der Waals surface area contributed by atoms with Crippen LogP contribution in [0.5, 0.6) is 0 Å². The van der Waals surface area contributed by atoms with Crippen LogP contribution in [-0.2, 0) is 5.88 Å². The molecule has 0 unspecified atom stereocenters. The third-order valence-corrected chi connectivity index (χ3v) is 4.78. The maximum Gasteiger partial charge on any atom is 0.194 e. The Bertz CT molecular complexity index is 758. The molecule has 0 aliphatic rings. The van der Waals surface area contributed by atoms with E-state index in [1.165, 1.54) is 10.6 Å². The predicted octanol–water partition coefficient (Wildman–Crippen LogP) is 5.07. The van der Waals surface area contributed by atoms with Crippen LogP contribution in [0.2, 0.25) is 5.02 Å². The van der Waals surface area contributed by atoms with Crippen LogP contribution in [0, 0.1) is 13.8 Å². The van der Waals surface area contributed by atoms with Crippen molar-refractivity contribution < 1.29 is 0 Å². The molecule has 0 atom stereocenters. The van der Waals surface area contributed by atoms with E-state index in [-0.39, 0.29) is 0 Å². The Balaban J connectivity index is 2.25. The van der Waals surface area contributed by atoms with E-state index in [0.29, 0.717) is 5.88 Å². The van der Waals surface area contributed by atoms with Gasteiger partial charge in [-0.2, -0.15) is 0 Å². The van der Waals surface area contributed by atoms with Gasteiger partial charge in [-0.25, -0.2) is 4.98 Å². The SMILES string of the molecule is Cc1cc(-c2c(C)sc3nc(CCl)cn23)ccc1Cl. The summed E-state index contributed by atoms with van der Waals surface area (Å²) in [5.74, 6) is 0.437. The van der Waals surface area contributed by atoms with E-state index in [4.69, 9.17) is 23.2 Å². The van der Waals surface area contributed by atoms with E-state index < -0.39 is 0 Å². The molecular weight excluding hydrogens is 299 g/mol. The van der Waals surface area contributed by atoms with Crippen LogP contribution in [0.1, 0.15) is 16.1 Å². The second-order valence-electron chi connectivity index (χ2n) is 4.49. The molecule has 0 saturated heterocycles. The normalized spacial score (nSPS) is 11.4. The first-order valence-corrected chi connectivity index (χ1v) is 7.63. The molecule has 2 heterocycles. The summed E-state index contributed by atoms with van der Waals surface area (Å²) < 4.78 is 2.11. The average molecular weight is 311 g/mol. The van der Waals surface area contributed by atoms with Gasteiger partial charge in [-0.15, -0.1) is 22.9 Å². The van der Waals surface area contributed by atoms with Crippen LogP contribution in [0.4, 0.5) is 0 Å². The van der Waals surface area contributed by atoms with Gasteiger partial charge in [0.25, 0.3) is 0 Å². The minimum Gasteiger partial charge on any atom is -0.290 e. The molecule has 0 saturated carbocycles. The van der Waals surface area contributed by atoms with Gasteiger partial charge in [-0.05, 0) is 31.5 Å². The minimum atomic E-state index is 0.437. The van der Waals surface area contributed by atoms with E-state index in [2.05, 4.69) is 22.4 Å². The molecule has 0 amide bonds. The van der Waals surface area contributed by atoms with Gasteiger partial charge >= 0.3 is 0 Å². The number of aromatic nitrogens is 2. The molecule has 1 aromatic carbocycles. The Morgan fingerprint density at radius 3 is 2.79 bits per heavy atom. The van der Waals surface area contributed by atoms with Crippen LogP contribution in [0.25, 0.3) is 16.2 Å². The fourth-order valence-electron chi connectivity index (χ4n) is 2.20. The van der Waals surface area contributed by atoms with E-state index in [9.17, 15) is 0 Å². The second-order valence-corrected chi connectivity index (χ2v) is 6.35. The fourth-order valence-corrected chi connectivity index (χ4v) is 3.43. The summed E-state index contributed by atoms with van der Waals surface area (Å²) >= 11 is 13.6. The summed E-state index contributed by atoms with van der Waals surface area (Å²) in [4.78, 5) is 6.72. The molecule has 0 aliphatic carbocycles. The van der Waals surface area contributed by atoms with Crippen molar-refractivity contribution in [3.63, 3.8) is 0 Å². The second kappa shape index (κ2) is 4.82. The van der Waals surface area contributed by atoms with Crippen molar-refractivity contribution in [2.45, 2.75) is 19.7 Å². The highest BCUT2D eigenvalue weighted by molar-refractivity contribution is 7.17. The smallest absolute Gasteiger partial charge is 0.194 e. The lowest BCUT2D eigenvalue weighted by Crippen LogP contribution is -1.88. The number of hydrogen-bond acceptors (Lipinski definition) is 2. The number of nitrogens with zero attached hydrogens (tertiary/aromatic N) is 2. The minimum absolute atomic E-state index is 0.437. The van der Waals surface area contributed by atoms with Crippen LogP contribution >= 0.6 is 34.5 Å². The van der Waals surface area contributed by atoms with Crippen LogP contribution in [-0.4, -0.2) is 9.38 Å². The Kier molecular flexibility index (Phi) is 3.29. The lowest BCUT2D eigenvalue weighted by Gasteiger charge is -2.05. The topological polar surface area (TPSA) is 17.3 Å². The number of thiazole rings is 1. The van der Waals surface area contributed by atoms with Gasteiger partial charge in [0.05, 0.1) is 17.3 Å². The lowest BCUT2D eigenvalue weighted by atomic mass is 10.1. The van der Waals surface area contributed by atoms with Crippen molar-refractivity contribution in [2.24, 2.45) is 0 Å². The first-order chi connectivity index (χ1) is 9.10. The molecule has 0 fully saturated rings. The summed E-state index contributed by atoms with van der Waals surface area (Å²) in [6.07, 6.45) is 2.01. The van der Waals surface area contributed by atoms with Crippen LogP contribution < -0.4 is 0 Å². The number of benzene rings is 1. The highest BCUT2D eigenvalue weighted by Gasteiger charge is 2.14. The summed E-state index contributed by atoms with van der Waals surface area (Å²) in [7, 11) is 0. The van der Waals surface area contributed by atoms with Crippen molar-refractivity contribution in [2.75, 3.05) is 0 Å². The Morgan fingerprint density at radius 1 is 1.32 bits per heavy atom. The largest absolute Gasteiger partial charge is 0.290 e. The van der Waals surface area contributed by atoms with Gasteiger partial charge in [0, 0.05) is 21.7 Å². The number of hydrogen-bond donors (Lipinski definition) is 0. The number of halogens is 2. The van der Waals surface area contributed by atoms with Crippen LogP contribution in [0.3, 0.4) is 0 Å². The molecule has 0 N–H and O–H groups in total. The van der Waals surface area contributed by atoms with Gasteiger partial charge in [0.15, 0.2) is 4.96 Å². The van der Waals surface area contributed by atoms with Crippen molar-refractivity contribution in [3.05, 3.63) is 45.6 Å².